The van der Waals surface area contributed by atoms with Gasteiger partial charge in [-0.2, -0.15) is 0 Å². The normalized spacial score (nSPS) is 15.2. The van der Waals surface area contributed by atoms with Crippen LogP contribution in [0.2, 0.25) is 0 Å². The first-order chi connectivity index (χ1) is 14.7. The molecule has 3 rings (SSSR count). The number of alkyl halides is 3. The van der Waals surface area contributed by atoms with Crippen LogP contribution < -0.4 is 15.0 Å². The quantitative estimate of drug-likeness (QED) is 0.579. The second kappa shape index (κ2) is 9.60. The minimum absolute atomic E-state index is 0.254. The molecule has 1 aromatic heterocycles. The first-order valence-corrected chi connectivity index (χ1v) is 10.4. The Kier molecular flexibility index (Phi) is 7.10. The first-order valence-electron chi connectivity index (χ1n) is 10.4. The van der Waals surface area contributed by atoms with E-state index >= 15 is 0 Å². The van der Waals surface area contributed by atoms with Crippen molar-refractivity contribution in [1.29, 1.82) is 0 Å². The van der Waals surface area contributed by atoms with Crippen molar-refractivity contribution in [3.05, 3.63) is 48.2 Å². The van der Waals surface area contributed by atoms with Crippen LogP contribution in [0.3, 0.4) is 0 Å². The second-order valence-corrected chi connectivity index (χ2v) is 7.76. The topological polar surface area (TPSA) is 40.6 Å². The van der Waals surface area contributed by atoms with E-state index in [1.165, 1.54) is 17.7 Å². The zero-order chi connectivity index (χ0) is 22.6. The number of aromatic nitrogens is 1. The third-order valence-electron chi connectivity index (χ3n) is 5.37. The van der Waals surface area contributed by atoms with Crippen molar-refractivity contribution in [2.45, 2.75) is 39.1 Å². The average Bonchev–Trinajstić information content (AvgIpc) is 2.66. The van der Waals surface area contributed by atoms with E-state index in [1.807, 2.05) is 6.07 Å². The van der Waals surface area contributed by atoms with Crippen molar-refractivity contribution in [1.82, 2.24) is 9.88 Å². The number of benzene rings is 1. The zero-order valence-corrected chi connectivity index (χ0v) is 18.3. The van der Waals surface area contributed by atoms with Crippen molar-refractivity contribution < 1.29 is 17.9 Å². The van der Waals surface area contributed by atoms with Gasteiger partial charge in [0.2, 0.25) is 0 Å². The standard InChI is InChI=1S/C23H29F3N4O/c1-5-7-16(6-2)21-20(30-14-18(15-30)29(3)4)12-13-27-22(21)28-17-8-10-19(11-9-17)31-23(24,25)26/h7-13,18H,5-6,14-15H2,1-4H3,(H,27,28)/b16-7+. The maximum Gasteiger partial charge on any atom is 0.573 e. The van der Waals surface area contributed by atoms with Gasteiger partial charge in [0.25, 0.3) is 0 Å². The fourth-order valence-electron chi connectivity index (χ4n) is 3.65. The maximum atomic E-state index is 12.4. The van der Waals surface area contributed by atoms with Crippen LogP contribution in [0.1, 0.15) is 32.3 Å². The lowest BCUT2D eigenvalue weighted by molar-refractivity contribution is -0.274. The SMILES string of the molecule is CC/C=C(\CC)c1c(N2CC(N(C)C)C2)ccnc1Nc1ccc(OC(F)(F)F)cc1. The van der Waals surface area contributed by atoms with Gasteiger partial charge in [-0.15, -0.1) is 13.2 Å². The Balaban J connectivity index is 1.91. The summed E-state index contributed by atoms with van der Waals surface area (Å²) in [5.74, 6) is 0.437. The van der Waals surface area contributed by atoms with E-state index in [-0.39, 0.29) is 5.75 Å². The molecule has 1 aliphatic rings. The fourth-order valence-corrected chi connectivity index (χ4v) is 3.65. The Morgan fingerprint density at radius 1 is 1.19 bits per heavy atom. The van der Waals surface area contributed by atoms with Gasteiger partial charge in [-0.1, -0.05) is 19.9 Å². The zero-order valence-electron chi connectivity index (χ0n) is 18.3. The van der Waals surface area contributed by atoms with Gasteiger partial charge < -0.3 is 19.9 Å². The Bertz CT molecular complexity index is 904. The summed E-state index contributed by atoms with van der Waals surface area (Å²) in [6.45, 7) is 6.10. The van der Waals surface area contributed by atoms with Crippen LogP contribution in [0, 0.1) is 0 Å². The summed E-state index contributed by atoms with van der Waals surface area (Å²) < 4.78 is 41.2. The molecule has 1 saturated heterocycles. The van der Waals surface area contributed by atoms with E-state index in [4.69, 9.17) is 0 Å². The molecule has 0 radical (unpaired) electrons. The van der Waals surface area contributed by atoms with E-state index in [0.717, 1.165) is 37.2 Å². The van der Waals surface area contributed by atoms with Gasteiger partial charge in [-0.3, -0.25) is 0 Å². The van der Waals surface area contributed by atoms with E-state index in [0.29, 0.717) is 17.5 Å². The molecule has 1 aromatic carbocycles. The van der Waals surface area contributed by atoms with E-state index < -0.39 is 6.36 Å². The molecular formula is C23H29F3N4O. The van der Waals surface area contributed by atoms with E-state index in [9.17, 15) is 13.2 Å². The van der Waals surface area contributed by atoms with Crippen LogP contribution in [0.4, 0.5) is 30.4 Å². The summed E-state index contributed by atoms with van der Waals surface area (Å²) in [7, 11) is 4.17. The van der Waals surface area contributed by atoms with Crippen LogP contribution >= 0.6 is 0 Å². The number of hydrogen-bond donors (Lipinski definition) is 1. The molecule has 2 heterocycles. The smallest absolute Gasteiger partial charge is 0.406 e. The van der Waals surface area contributed by atoms with Gasteiger partial charge in [-0.25, -0.2) is 4.98 Å². The molecule has 0 spiro atoms. The molecule has 1 fully saturated rings. The number of nitrogens with zero attached hydrogens (tertiary/aromatic N) is 3. The van der Waals surface area contributed by atoms with Crippen molar-refractivity contribution in [3.8, 4) is 5.75 Å². The predicted octanol–water partition coefficient (Wildman–Crippen LogP) is 5.68. The van der Waals surface area contributed by atoms with Gasteiger partial charge >= 0.3 is 6.36 Å². The average molecular weight is 435 g/mol. The third kappa shape index (κ3) is 5.70. The van der Waals surface area contributed by atoms with Gasteiger partial charge in [0.15, 0.2) is 0 Å². The summed E-state index contributed by atoms with van der Waals surface area (Å²) in [6, 6.07) is 8.24. The van der Waals surface area contributed by atoms with Crippen LogP contribution in [0.15, 0.2) is 42.6 Å². The lowest BCUT2D eigenvalue weighted by atomic mass is 9.97. The highest BCUT2D eigenvalue weighted by molar-refractivity contribution is 5.86. The highest BCUT2D eigenvalue weighted by Crippen LogP contribution is 2.38. The third-order valence-corrected chi connectivity index (χ3v) is 5.37. The molecule has 0 atom stereocenters. The highest BCUT2D eigenvalue weighted by atomic mass is 19.4. The molecular weight excluding hydrogens is 405 g/mol. The summed E-state index contributed by atoms with van der Waals surface area (Å²) in [4.78, 5) is 9.13. The van der Waals surface area contributed by atoms with Crippen LogP contribution in [-0.4, -0.2) is 49.5 Å². The Morgan fingerprint density at radius 3 is 2.42 bits per heavy atom. The molecule has 168 valence electrons. The van der Waals surface area contributed by atoms with Crippen LogP contribution in [0.25, 0.3) is 5.57 Å². The Labute approximate surface area is 181 Å². The molecule has 8 heteroatoms. The monoisotopic (exact) mass is 434 g/mol. The predicted molar refractivity (Wildman–Crippen MR) is 119 cm³/mol. The number of pyridine rings is 1. The number of likely N-dealkylation sites (N-methyl/N-ethyl adjacent to an activating group) is 1. The van der Waals surface area contributed by atoms with Crippen LogP contribution in [-0.2, 0) is 0 Å². The summed E-state index contributed by atoms with van der Waals surface area (Å²) in [5.41, 5.74) is 3.99. The molecule has 5 nitrogen and oxygen atoms in total. The number of ether oxygens (including phenoxy) is 1. The van der Waals surface area contributed by atoms with Crippen molar-refractivity contribution in [2.24, 2.45) is 0 Å². The van der Waals surface area contributed by atoms with Gasteiger partial charge in [0.05, 0.1) is 0 Å². The molecule has 0 unspecified atom stereocenters. The van der Waals surface area contributed by atoms with Crippen molar-refractivity contribution >= 4 is 22.8 Å². The molecule has 1 aliphatic heterocycles. The van der Waals surface area contributed by atoms with Gasteiger partial charge in [0.1, 0.15) is 11.6 Å². The molecule has 1 N–H and O–H groups in total. The summed E-state index contributed by atoms with van der Waals surface area (Å²) >= 11 is 0. The minimum atomic E-state index is -4.71. The van der Waals surface area contributed by atoms with Gasteiger partial charge in [-0.05, 0) is 62.8 Å². The maximum absolute atomic E-state index is 12.4. The fraction of sp³-hybridized carbons (Fsp3) is 0.435. The first kappa shape index (κ1) is 22.9. The number of anilines is 3. The molecule has 0 amide bonds. The molecule has 0 aliphatic carbocycles. The Hall–Kier alpha value is -2.74. The highest BCUT2D eigenvalue weighted by Gasteiger charge is 2.32. The summed E-state index contributed by atoms with van der Waals surface area (Å²) in [5, 5.41) is 3.29. The van der Waals surface area contributed by atoms with Crippen LogP contribution in [0.5, 0.6) is 5.75 Å². The van der Waals surface area contributed by atoms with E-state index in [2.05, 4.69) is 58.9 Å². The largest absolute Gasteiger partial charge is 0.573 e. The molecule has 2 aromatic rings. The number of halogens is 3. The number of allylic oxidation sites excluding steroid dienone is 2. The number of rotatable bonds is 8. The van der Waals surface area contributed by atoms with Gasteiger partial charge in [0, 0.05) is 42.3 Å². The van der Waals surface area contributed by atoms with Crippen molar-refractivity contribution in [2.75, 3.05) is 37.4 Å². The molecule has 0 saturated carbocycles. The second-order valence-electron chi connectivity index (χ2n) is 7.76. The Morgan fingerprint density at radius 2 is 1.87 bits per heavy atom. The molecule has 31 heavy (non-hydrogen) atoms. The lowest BCUT2D eigenvalue weighted by Gasteiger charge is -2.45. The number of nitrogens with one attached hydrogen (secondary N) is 1. The molecule has 0 bridgehead atoms. The minimum Gasteiger partial charge on any atom is -0.406 e. The lowest BCUT2D eigenvalue weighted by Crippen LogP contribution is -2.57. The summed E-state index contributed by atoms with van der Waals surface area (Å²) in [6.07, 6.45) is 1.02. The van der Waals surface area contributed by atoms with E-state index in [1.54, 1.807) is 18.3 Å². The number of hydrogen-bond acceptors (Lipinski definition) is 5. The van der Waals surface area contributed by atoms with Crippen molar-refractivity contribution in [3.63, 3.8) is 0 Å².